The van der Waals surface area contributed by atoms with Gasteiger partial charge in [-0.05, 0) is 71.1 Å². The lowest BCUT2D eigenvalue weighted by atomic mass is 10.0. The molecule has 0 saturated heterocycles. The van der Waals surface area contributed by atoms with Crippen LogP contribution in [-0.4, -0.2) is 25.5 Å². The molecule has 6 heterocycles. The summed E-state index contributed by atoms with van der Waals surface area (Å²) in [6, 6.07) is 51.9. The fraction of sp³-hybridized carbons (Fsp3) is 0. The molecule has 0 atom stereocenters. The number of aromatic nitrogens is 3. The van der Waals surface area contributed by atoms with E-state index in [1.54, 1.807) is 18.8 Å². The molecule has 0 aliphatic carbocycles. The predicted molar refractivity (Wildman–Crippen MR) is 223 cm³/mol. The first kappa shape index (κ1) is 30.5. The average molecular weight is 724 g/mol. The van der Waals surface area contributed by atoms with E-state index < -0.39 is 14.8 Å². The van der Waals surface area contributed by atoms with Gasteiger partial charge in [0.15, 0.2) is 0 Å². The lowest BCUT2D eigenvalue weighted by molar-refractivity contribution is 0.616. The van der Waals surface area contributed by atoms with Crippen molar-refractivity contribution in [2.24, 2.45) is 0 Å². The van der Waals surface area contributed by atoms with Crippen LogP contribution in [0.2, 0.25) is 0 Å². The van der Waals surface area contributed by atoms with Crippen molar-refractivity contribution in [2.75, 3.05) is 0 Å². The van der Waals surface area contributed by atoms with Crippen LogP contribution in [0.3, 0.4) is 0 Å². The molecule has 12 aromatic rings. The Hall–Kier alpha value is -6.91. The second kappa shape index (κ2) is 11.8. The Labute approximate surface area is 319 Å². The van der Waals surface area contributed by atoms with Gasteiger partial charge in [0.2, 0.25) is 0 Å². The number of hydrogen-bond acceptors (Lipinski definition) is 3. The quantitative estimate of drug-likeness (QED) is 0.161. The molecule has 0 aliphatic heterocycles. The highest BCUT2D eigenvalue weighted by atomic mass is 27.2. The van der Waals surface area contributed by atoms with Crippen LogP contribution in [0.5, 0.6) is 0 Å². The Morgan fingerprint density at radius 2 is 0.582 bits per heavy atom. The maximum Gasteiger partial charge on any atom is 0.755 e. The Kier molecular flexibility index (Phi) is 6.55. The summed E-state index contributed by atoms with van der Waals surface area (Å²) in [7, 11) is 0. The number of rotatable bonds is 6. The number of fused-ring (bicyclic) bond motifs is 6. The highest BCUT2D eigenvalue weighted by molar-refractivity contribution is 6.58. The van der Waals surface area contributed by atoms with Crippen LogP contribution in [0.15, 0.2) is 196 Å². The molecule has 0 amide bonds. The van der Waals surface area contributed by atoms with Crippen molar-refractivity contribution in [3.63, 3.8) is 0 Å². The molecule has 0 spiro atoms. The summed E-state index contributed by atoms with van der Waals surface area (Å²) in [5, 5.41) is 6.78. The summed E-state index contributed by atoms with van der Waals surface area (Å²) in [5.74, 6) is 0. The molecule has 258 valence electrons. The van der Waals surface area contributed by atoms with E-state index in [-0.39, 0.29) is 0 Å². The van der Waals surface area contributed by atoms with Gasteiger partial charge in [-0.3, -0.25) is 0 Å². The number of benzene rings is 6. The van der Waals surface area contributed by atoms with Crippen LogP contribution in [0.4, 0.5) is 0 Å². The zero-order chi connectivity index (χ0) is 36.0. The SMILES string of the molecule is c1cc(-c2cccc3cc[n]([Al]([n]4ccc5cccc(-c6cccc7ccoc67)c54)[n]4ccc5cccc(-c6cccc7ccoc67)c54)c23)c2occc2c1. The van der Waals surface area contributed by atoms with Crippen LogP contribution in [0, 0.1) is 0 Å². The van der Waals surface area contributed by atoms with Gasteiger partial charge in [0.25, 0.3) is 0 Å². The van der Waals surface area contributed by atoms with E-state index >= 15 is 0 Å². The molecule has 0 aliphatic rings. The van der Waals surface area contributed by atoms with Crippen molar-refractivity contribution in [2.45, 2.75) is 0 Å². The summed E-state index contributed by atoms with van der Waals surface area (Å²) in [5.41, 5.74) is 12.8. The van der Waals surface area contributed by atoms with Crippen molar-refractivity contribution in [3.05, 3.63) is 183 Å². The zero-order valence-corrected chi connectivity index (χ0v) is 30.6. The van der Waals surface area contributed by atoms with Gasteiger partial charge in [-0.25, -0.2) is 0 Å². The summed E-state index contributed by atoms with van der Waals surface area (Å²) in [6.45, 7) is 0. The van der Waals surface area contributed by atoms with E-state index in [0.717, 1.165) is 66.3 Å². The molecule has 0 N–H and O–H groups in total. The number of furan rings is 3. The molecule has 0 bridgehead atoms. The highest BCUT2D eigenvalue weighted by Crippen LogP contribution is 2.40. The Balaban J connectivity index is 1.20. The third-order valence-corrected chi connectivity index (χ3v) is 14.1. The lowest BCUT2D eigenvalue weighted by Crippen LogP contribution is -2.40. The predicted octanol–water partition coefficient (Wildman–Crippen LogP) is 12.7. The second-order valence-electron chi connectivity index (χ2n) is 14.2. The van der Waals surface area contributed by atoms with Gasteiger partial charge in [0.05, 0.1) is 18.8 Å². The summed E-state index contributed by atoms with van der Waals surface area (Å²) < 4.78 is 26.1. The van der Waals surface area contributed by atoms with E-state index in [0.29, 0.717) is 0 Å². The third kappa shape index (κ3) is 4.49. The number of para-hydroxylation sites is 6. The maximum absolute atomic E-state index is 6.15. The number of nitrogens with zero attached hydrogens (tertiary/aromatic N) is 3. The minimum absolute atomic E-state index is 0.890. The van der Waals surface area contributed by atoms with Gasteiger partial charge in [-0.15, -0.1) is 0 Å². The summed E-state index contributed by atoms with van der Waals surface area (Å²) >= 11 is -2.55. The summed E-state index contributed by atoms with van der Waals surface area (Å²) in [6.07, 6.45) is 12.2. The first-order chi connectivity index (χ1) is 27.3. The van der Waals surface area contributed by atoms with Crippen molar-refractivity contribution < 1.29 is 13.3 Å². The molecule has 55 heavy (non-hydrogen) atoms. The topological polar surface area (TPSA) is 54.2 Å². The van der Waals surface area contributed by atoms with E-state index in [1.165, 1.54) is 32.7 Å². The Morgan fingerprint density at radius 1 is 0.291 bits per heavy atom. The molecule has 7 heteroatoms. The standard InChI is InChI=1S/3C16H10NO.Al/c3*1-3-11-7-9-17-15(11)13(5-1)14-6-2-4-12-8-10-18-16(12)14;/h3*1-10H;/q3*-1;+3. The smallest absolute Gasteiger partial charge is 0.464 e. The van der Waals surface area contributed by atoms with Gasteiger partial charge in [-0.1, -0.05) is 109 Å². The fourth-order valence-corrected chi connectivity index (χ4v) is 12.0. The van der Waals surface area contributed by atoms with Gasteiger partial charge in [0.1, 0.15) is 16.7 Å². The normalized spacial score (nSPS) is 12.0. The largest absolute Gasteiger partial charge is 0.755 e. The zero-order valence-electron chi connectivity index (χ0n) is 29.5. The van der Waals surface area contributed by atoms with E-state index in [9.17, 15) is 0 Å². The molecular formula is C48H30AlN3O3. The maximum atomic E-state index is 6.15. The average Bonchev–Trinajstić information content (AvgIpc) is 4.09. The van der Waals surface area contributed by atoms with Gasteiger partial charge in [0, 0.05) is 66.1 Å². The molecule has 6 nitrogen and oxygen atoms in total. The van der Waals surface area contributed by atoms with Gasteiger partial charge in [-0.2, -0.15) is 0 Å². The molecule has 0 fully saturated rings. The van der Waals surface area contributed by atoms with E-state index in [1.807, 2.05) is 18.2 Å². The monoisotopic (exact) mass is 723 g/mol. The lowest BCUT2D eigenvalue weighted by Gasteiger charge is -2.23. The molecule has 12 rings (SSSR count). The Bertz CT molecular complexity index is 3060. The molecule has 6 aromatic carbocycles. The van der Waals surface area contributed by atoms with Crippen molar-refractivity contribution in [1.29, 1.82) is 0 Å². The second-order valence-corrected chi connectivity index (χ2v) is 16.5. The minimum atomic E-state index is -2.55. The van der Waals surface area contributed by atoms with Gasteiger partial charge < -0.3 is 23.9 Å². The van der Waals surface area contributed by atoms with Crippen LogP contribution < -0.4 is 0 Å². The van der Waals surface area contributed by atoms with E-state index in [4.69, 9.17) is 13.3 Å². The first-order valence-corrected chi connectivity index (χ1v) is 20.0. The van der Waals surface area contributed by atoms with Crippen LogP contribution in [-0.2, 0) is 0 Å². The van der Waals surface area contributed by atoms with Gasteiger partial charge >= 0.3 is 14.8 Å². The van der Waals surface area contributed by atoms with Crippen molar-refractivity contribution >= 4 is 80.4 Å². The fourth-order valence-electron chi connectivity index (χ4n) is 8.90. The first-order valence-electron chi connectivity index (χ1n) is 18.5. The summed E-state index contributed by atoms with van der Waals surface area (Å²) in [4.78, 5) is 0. The molecular weight excluding hydrogens is 694 g/mol. The molecule has 0 unspecified atom stereocenters. The molecule has 0 saturated carbocycles. The number of hydrogen-bond donors (Lipinski definition) is 0. The van der Waals surface area contributed by atoms with Crippen LogP contribution in [0.1, 0.15) is 0 Å². The minimum Gasteiger partial charge on any atom is -0.464 e. The third-order valence-electron chi connectivity index (χ3n) is 11.3. The van der Waals surface area contributed by atoms with Crippen LogP contribution >= 0.6 is 0 Å². The molecule has 6 aromatic heterocycles. The molecule has 0 radical (unpaired) electrons. The van der Waals surface area contributed by atoms with Crippen molar-refractivity contribution in [1.82, 2.24) is 10.7 Å². The van der Waals surface area contributed by atoms with Crippen molar-refractivity contribution in [3.8, 4) is 33.4 Å². The van der Waals surface area contributed by atoms with Crippen LogP contribution in [0.25, 0.3) is 99.0 Å². The Morgan fingerprint density at radius 3 is 0.909 bits per heavy atom. The van der Waals surface area contributed by atoms with E-state index in [2.05, 4.69) is 157 Å². The highest BCUT2D eigenvalue weighted by Gasteiger charge is 2.37.